The third kappa shape index (κ3) is 2.93. The lowest BCUT2D eigenvalue weighted by atomic mass is 9.97. The van der Waals surface area contributed by atoms with Crippen molar-refractivity contribution >= 4 is 39.2 Å². The lowest BCUT2D eigenvalue weighted by Gasteiger charge is -2.32. The molecule has 0 N–H and O–H groups in total. The van der Waals surface area contributed by atoms with E-state index in [-0.39, 0.29) is 5.25 Å². The number of hydrogen-bond acceptors (Lipinski definition) is 4. The first-order chi connectivity index (χ1) is 12.8. The molecule has 2 aromatic carbocycles. The van der Waals surface area contributed by atoms with Crippen LogP contribution in [0.3, 0.4) is 0 Å². The Bertz CT molecular complexity index is 901. The number of amides is 1. The predicted octanol–water partition coefficient (Wildman–Crippen LogP) is 4.72. The number of fused-ring (bicyclic) bond motifs is 2. The van der Waals surface area contributed by atoms with Crippen LogP contribution in [-0.4, -0.2) is 34.1 Å². The molecular weight excluding hydrogens is 360 g/mol. The highest BCUT2D eigenvalue weighted by molar-refractivity contribution is 8.01. The summed E-state index contributed by atoms with van der Waals surface area (Å²) in [4.78, 5) is 21.1. The highest BCUT2D eigenvalue weighted by atomic mass is 32.2. The summed E-state index contributed by atoms with van der Waals surface area (Å²) in [5.74, 6) is 0.804. The van der Waals surface area contributed by atoms with E-state index in [0.29, 0.717) is 11.8 Å². The second-order valence-electron chi connectivity index (χ2n) is 7.04. The first-order valence-corrected chi connectivity index (χ1v) is 10.9. The van der Waals surface area contributed by atoms with E-state index in [0.717, 1.165) is 37.9 Å². The maximum Gasteiger partial charge on any atom is 0.236 e. The standard InChI is InChI=1S/C21H20N2OS2/c24-21(19-13-15-5-1-3-7-17(15)25-19)23-11-9-14(10-12-23)20-22-16-6-2-4-8-18(16)26-20/h1-8,14,19H,9-13H2. The summed E-state index contributed by atoms with van der Waals surface area (Å²) in [5.41, 5.74) is 2.42. The molecule has 132 valence electrons. The van der Waals surface area contributed by atoms with Gasteiger partial charge in [-0.3, -0.25) is 4.79 Å². The van der Waals surface area contributed by atoms with E-state index in [2.05, 4.69) is 47.4 Å². The molecule has 3 nitrogen and oxygen atoms in total. The first-order valence-electron chi connectivity index (χ1n) is 9.17. The summed E-state index contributed by atoms with van der Waals surface area (Å²) in [7, 11) is 0. The molecule has 1 amide bonds. The number of piperidine rings is 1. The molecule has 0 bridgehead atoms. The van der Waals surface area contributed by atoms with Crippen LogP contribution in [0.25, 0.3) is 10.2 Å². The topological polar surface area (TPSA) is 33.2 Å². The summed E-state index contributed by atoms with van der Waals surface area (Å²) in [6.45, 7) is 1.71. The van der Waals surface area contributed by atoms with Gasteiger partial charge in [-0.2, -0.15) is 0 Å². The van der Waals surface area contributed by atoms with Gasteiger partial charge in [0.2, 0.25) is 5.91 Å². The van der Waals surface area contributed by atoms with Crippen LogP contribution >= 0.6 is 23.1 Å². The van der Waals surface area contributed by atoms with Gasteiger partial charge in [-0.25, -0.2) is 4.98 Å². The minimum Gasteiger partial charge on any atom is -0.342 e. The highest BCUT2D eigenvalue weighted by Gasteiger charge is 2.33. The number of para-hydroxylation sites is 1. The number of aromatic nitrogens is 1. The second-order valence-corrected chi connectivity index (χ2v) is 9.34. The van der Waals surface area contributed by atoms with Gasteiger partial charge < -0.3 is 4.90 Å². The Morgan fingerprint density at radius 2 is 1.81 bits per heavy atom. The Balaban J connectivity index is 1.24. The fourth-order valence-electron chi connectivity index (χ4n) is 3.93. The molecule has 1 fully saturated rings. The number of rotatable bonds is 2. The van der Waals surface area contributed by atoms with Crippen LogP contribution in [0.2, 0.25) is 0 Å². The zero-order chi connectivity index (χ0) is 17.5. The van der Waals surface area contributed by atoms with Crippen LogP contribution in [0.4, 0.5) is 0 Å². The van der Waals surface area contributed by atoms with E-state index in [9.17, 15) is 4.79 Å². The largest absolute Gasteiger partial charge is 0.342 e. The van der Waals surface area contributed by atoms with Gasteiger partial charge in [0.25, 0.3) is 0 Å². The fraction of sp³-hybridized carbons (Fsp3) is 0.333. The molecule has 1 aromatic heterocycles. The Morgan fingerprint density at radius 1 is 1.04 bits per heavy atom. The van der Waals surface area contributed by atoms with Crippen molar-refractivity contribution in [1.29, 1.82) is 0 Å². The third-order valence-electron chi connectivity index (χ3n) is 5.39. The minimum atomic E-state index is 0.0615. The summed E-state index contributed by atoms with van der Waals surface area (Å²) < 4.78 is 1.26. The van der Waals surface area contributed by atoms with E-state index >= 15 is 0 Å². The number of benzene rings is 2. The molecule has 0 aliphatic carbocycles. The van der Waals surface area contributed by atoms with Crippen molar-refractivity contribution in [2.75, 3.05) is 13.1 Å². The molecule has 0 spiro atoms. The van der Waals surface area contributed by atoms with Crippen LogP contribution in [0.1, 0.15) is 29.3 Å². The molecule has 1 saturated heterocycles. The summed E-state index contributed by atoms with van der Waals surface area (Å²) in [5, 5.41) is 1.30. The van der Waals surface area contributed by atoms with Crippen LogP contribution in [0.15, 0.2) is 53.4 Å². The summed E-state index contributed by atoms with van der Waals surface area (Å²) in [6.07, 6.45) is 2.92. The Kier molecular flexibility index (Phi) is 4.21. The first kappa shape index (κ1) is 16.3. The maximum atomic E-state index is 12.9. The maximum absolute atomic E-state index is 12.9. The van der Waals surface area contributed by atoms with Crippen molar-refractivity contribution in [3.05, 3.63) is 59.1 Å². The normalized spacial score (nSPS) is 20.5. The zero-order valence-electron chi connectivity index (χ0n) is 14.4. The average Bonchev–Trinajstić information content (AvgIpc) is 3.31. The van der Waals surface area contributed by atoms with Crippen molar-refractivity contribution in [3.8, 4) is 0 Å². The van der Waals surface area contributed by atoms with E-state index in [1.807, 2.05) is 17.4 Å². The molecule has 3 aromatic rings. The third-order valence-corrected chi connectivity index (χ3v) is 7.89. The molecule has 1 unspecified atom stereocenters. The van der Waals surface area contributed by atoms with Crippen molar-refractivity contribution in [2.24, 2.45) is 0 Å². The van der Waals surface area contributed by atoms with Gasteiger partial charge >= 0.3 is 0 Å². The SMILES string of the molecule is O=C(C1Cc2ccccc2S1)N1CCC(c2nc3ccccc3s2)CC1. The Labute approximate surface area is 161 Å². The molecule has 26 heavy (non-hydrogen) atoms. The van der Waals surface area contributed by atoms with Crippen LogP contribution < -0.4 is 0 Å². The number of carbonyl (C=O) groups is 1. The Hall–Kier alpha value is -1.85. The van der Waals surface area contributed by atoms with Gasteiger partial charge in [0.05, 0.1) is 20.5 Å². The highest BCUT2D eigenvalue weighted by Crippen LogP contribution is 2.39. The number of carbonyl (C=O) groups excluding carboxylic acids is 1. The molecule has 0 saturated carbocycles. The van der Waals surface area contributed by atoms with Gasteiger partial charge in [-0.1, -0.05) is 30.3 Å². The van der Waals surface area contributed by atoms with Crippen LogP contribution in [0, 0.1) is 0 Å². The number of thioether (sulfide) groups is 1. The summed E-state index contributed by atoms with van der Waals surface area (Å²) in [6, 6.07) is 16.7. The lowest BCUT2D eigenvalue weighted by molar-refractivity contribution is -0.131. The van der Waals surface area contributed by atoms with Crippen LogP contribution in [-0.2, 0) is 11.2 Å². The Morgan fingerprint density at radius 3 is 2.62 bits per heavy atom. The number of hydrogen-bond donors (Lipinski definition) is 0. The zero-order valence-corrected chi connectivity index (χ0v) is 16.1. The van der Waals surface area contributed by atoms with Crippen molar-refractivity contribution in [2.45, 2.75) is 35.3 Å². The monoisotopic (exact) mass is 380 g/mol. The van der Waals surface area contributed by atoms with E-state index in [1.54, 1.807) is 11.8 Å². The van der Waals surface area contributed by atoms with Gasteiger partial charge in [-0.15, -0.1) is 23.1 Å². The van der Waals surface area contributed by atoms with Gasteiger partial charge in [0.1, 0.15) is 0 Å². The van der Waals surface area contributed by atoms with E-state index < -0.39 is 0 Å². The minimum absolute atomic E-state index is 0.0615. The van der Waals surface area contributed by atoms with Crippen molar-refractivity contribution in [1.82, 2.24) is 9.88 Å². The van der Waals surface area contributed by atoms with Gasteiger partial charge in [0, 0.05) is 23.9 Å². The fourth-order valence-corrected chi connectivity index (χ4v) is 6.35. The predicted molar refractivity (Wildman–Crippen MR) is 108 cm³/mol. The van der Waals surface area contributed by atoms with Gasteiger partial charge in [-0.05, 0) is 43.0 Å². The quantitative estimate of drug-likeness (QED) is 0.645. The molecule has 2 aliphatic rings. The molecule has 3 heterocycles. The molecule has 5 heteroatoms. The molecule has 1 atom stereocenters. The molecular formula is C21H20N2OS2. The summed E-state index contributed by atoms with van der Waals surface area (Å²) >= 11 is 3.55. The van der Waals surface area contributed by atoms with Crippen LogP contribution in [0.5, 0.6) is 0 Å². The average molecular weight is 381 g/mol. The van der Waals surface area contributed by atoms with Crippen molar-refractivity contribution in [3.63, 3.8) is 0 Å². The molecule has 5 rings (SSSR count). The van der Waals surface area contributed by atoms with Crippen molar-refractivity contribution < 1.29 is 4.79 Å². The smallest absolute Gasteiger partial charge is 0.236 e. The molecule has 2 aliphatic heterocycles. The van der Waals surface area contributed by atoms with Gasteiger partial charge in [0.15, 0.2) is 0 Å². The lowest BCUT2D eigenvalue weighted by Crippen LogP contribution is -2.42. The number of likely N-dealkylation sites (tertiary alicyclic amines) is 1. The van der Waals surface area contributed by atoms with E-state index in [4.69, 9.17) is 4.98 Å². The number of nitrogens with zero attached hydrogens (tertiary/aromatic N) is 2. The number of thiazole rings is 1. The van der Waals surface area contributed by atoms with E-state index in [1.165, 1.54) is 20.2 Å². The second kappa shape index (κ2) is 6.71. The molecule has 0 radical (unpaired) electrons.